The number of ether oxygens (including phenoxy) is 1. The second-order valence-electron chi connectivity index (χ2n) is 10.8. The second kappa shape index (κ2) is 8.10. The summed E-state index contributed by atoms with van der Waals surface area (Å²) in [5, 5.41) is 23.6. The van der Waals surface area contributed by atoms with Gasteiger partial charge in [-0.2, -0.15) is 13.2 Å². The zero-order valence-electron chi connectivity index (χ0n) is 21.5. The first-order chi connectivity index (χ1) is 18.6. The van der Waals surface area contributed by atoms with Crippen molar-refractivity contribution in [1.29, 1.82) is 0 Å². The van der Waals surface area contributed by atoms with E-state index in [0.717, 1.165) is 0 Å². The molecule has 4 heterocycles. The van der Waals surface area contributed by atoms with Gasteiger partial charge in [-0.3, -0.25) is 9.59 Å². The van der Waals surface area contributed by atoms with Crippen molar-refractivity contribution in [2.75, 3.05) is 0 Å². The first-order valence-electron chi connectivity index (χ1n) is 12.5. The Labute approximate surface area is 223 Å². The van der Waals surface area contributed by atoms with Crippen molar-refractivity contribution < 1.29 is 42.1 Å². The number of esters is 1. The number of halogens is 4. The quantitative estimate of drug-likeness (QED) is 0.253. The van der Waals surface area contributed by atoms with Crippen LogP contribution in [0, 0.1) is 12.7 Å². The number of hydrogen-bond acceptors (Lipinski definition) is 7. The van der Waals surface area contributed by atoms with E-state index in [2.05, 4.69) is 10.3 Å². The monoisotopic (exact) mass is 561 g/mol. The smallest absolute Gasteiger partial charge is 0.426 e. The molecular formula is C27H23F4N3O6. The SMILES string of the molecule is Cc1c(F)cc2nc3c(c4c2c1CC[C@@H]4NC(=O)[C@](C)(O)C(F)(F)F)Cn1c-3cc2c(c1=O)COC(=O)[C@@]2(C)O. The van der Waals surface area contributed by atoms with Gasteiger partial charge in [0.15, 0.2) is 5.60 Å². The van der Waals surface area contributed by atoms with Crippen molar-refractivity contribution in [3.8, 4) is 11.4 Å². The van der Waals surface area contributed by atoms with Crippen molar-refractivity contribution >= 4 is 22.8 Å². The largest absolute Gasteiger partial charge is 0.458 e. The Morgan fingerprint density at radius 1 is 1.23 bits per heavy atom. The number of carbonyl (C=O) groups excluding carboxylic acids is 2. The normalized spacial score (nSPS) is 22.7. The van der Waals surface area contributed by atoms with Gasteiger partial charge >= 0.3 is 12.1 Å². The number of aryl methyl sites for hydroxylation is 1. The van der Waals surface area contributed by atoms with Gasteiger partial charge in [0.05, 0.1) is 35.1 Å². The number of pyridine rings is 2. The minimum Gasteiger partial charge on any atom is -0.458 e. The minimum atomic E-state index is -5.24. The number of amides is 1. The molecule has 0 saturated heterocycles. The van der Waals surface area contributed by atoms with Crippen molar-refractivity contribution in [2.24, 2.45) is 0 Å². The van der Waals surface area contributed by atoms with Crippen LogP contribution in [0.15, 0.2) is 16.9 Å². The van der Waals surface area contributed by atoms with E-state index in [1.54, 1.807) is 6.92 Å². The van der Waals surface area contributed by atoms with Gasteiger partial charge in [-0.1, -0.05) is 0 Å². The van der Waals surface area contributed by atoms with E-state index >= 15 is 0 Å². The molecule has 0 radical (unpaired) electrons. The van der Waals surface area contributed by atoms with Crippen LogP contribution in [0.1, 0.15) is 59.7 Å². The van der Waals surface area contributed by atoms with Crippen LogP contribution >= 0.6 is 0 Å². The predicted molar refractivity (Wildman–Crippen MR) is 130 cm³/mol. The van der Waals surface area contributed by atoms with Crippen molar-refractivity contribution in [1.82, 2.24) is 14.9 Å². The lowest BCUT2D eigenvalue weighted by atomic mass is 9.81. The molecule has 1 aliphatic carbocycles. The molecule has 0 bridgehead atoms. The Morgan fingerprint density at radius 2 is 1.93 bits per heavy atom. The lowest BCUT2D eigenvalue weighted by Gasteiger charge is -2.32. The number of aliphatic hydroxyl groups is 2. The van der Waals surface area contributed by atoms with Crippen LogP contribution in [0.5, 0.6) is 0 Å². The van der Waals surface area contributed by atoms with Gasteiger partial charge in [0.25, 0.3) is 11.5 Å². The number of alkyl halides is 3. The lowest BCUT2D eigenvalue weighted by Crippen LogP contribution is -2.55. The first-order valence-corrected chi connectivity index (χ1v) is 12.5. The van der Waals surface area contributed by atoms with Crippen LogP contribution in [-0.4, -0.2) is 43.4 Å². The number of fused-ring (bicyclic) bond motifs is 5. The standard InChI is InChI=1S/C27H23F4N3O6/c1-10-11-4-5-16(33-23(36)26(3,39)27(29,30)31)20-12-8-34-18(21(12)32-17(19(11)20)7-15(10)28)6-14-13(22(34)35)9-40-24(37)25(14,2)38/h6-7,16,38-39H,4-5,8-9H2,1-3H3,(H,33,36)/t16-,25-,26-/m0/s1. The van der Waals surface area contributed by atoms with Gasteiger partial charge in [-0.05, 0) is 56.4 Å². The molecule has 0 saturated carbocycles. The average molecular weight is 561 g/mol. The number of aromatic nitrogens is 2. The molecule has 2 aromatic heterocycles. The molecule has 40 heavy (non-hydrogen) atoms. The Kier molecular flexibility index (Phi) is 5.34. The summed E-state index contributed by atoms with van der Waals surface area (Å²) in [5.74, 6) is -3.14. The Bertz CT molecular complexity index is 1740. The Balaban J connectivity index is 1.60. The van der Waals surface area contributed by atoms with Crippen molar-refractivity contribution in [3.05, 3.63) is 61.7 Å². The van der Waals surface area contributed by atoms with Gasteiger partial charge in [0.1, 0.15) is 12.4 Å². The summed E-state index contributed by atoms with van der Waals surface area (Å²) < 4.78 is 61.5. The third-order valence-electron chi connectivity index (χ3n) is 8.30. The van der Waals surface area contributed by atoms with Crippen LogP contribution in [0.3, 0.4) is 0 Å². The maximum Gasteiger partial charge on any atom is 0.426 e. The van der Waals surface area contributed by atoms with Crippen LogP contribution in [0.2, 0.25) is 0 Å². The molecule has 0 fully saturated rings. The number of nitrogens with zero attached hydrogens (tertiary/aromatic N) is 2. The van der Waals surface area contributed by atoms with E-state index < -0.39 is 46.7 Å². The highest BCUT2D eigenvalue weighted by atomic mass is 19.4. The Morgan fingerprint density at radius 3 is 2.60 bits per heavy atom. The van der Waals surface area contributed by atoms with Gasteiger partial charge < -0.3 is 24.8 Å². The highest BCUT2D eigenvalue weighted by molar-refractivity contribution is 5.94. The van der Waals surface area contributed by atoms with Crippen LogP contribution < -0.4 is 10.9 Å². The summed E-state index contributed by atoms with van der Waals surface area (Å²) in [4.78, 5) is 43.1. The van der Waals surface area contributed by atoms with Gasteiger partial charge in [-0.15, -0.1) is 0 Å². The van der Waals surface area contributed by atoms with Crippen molar-refractivity contribution in [3.63, 3.8) is 0 Å². The molecule has 3 aliphatic rings. The molecule has 0 spiro atoms. The van der Waals surface area contributed by atoms with Gasteiger partial charge in [-0.25, -0.2) is 14.2 Å². The number of nitrogens with one attached hydrogen (secondary N) is 1. The lowest BCUT2D eigenvalue weighted by molar-refractivity contribution is -0.245. The molecule has 210 valence electrons. The molecule has 0 unspecified atom stereocenters. The van der Waals surface area contributed by atoms with E-state index in [4.69, 9.17) is 4.74 Å². The summed E-state index contributed by atoms with van der Waals surface area (Å²) in [6, 6.07) is 1.59. The predicted octanol–water partition coefficient (Wildman–Crippen LogP) is 2.55. The highest BCUT2D eigenvalue weighted by Gasteiger charge is 2.56. The van der Waals surface area contributed by atoms with Gasteiger partial charge in [0, 0.05) is 22.6 Å². The molecule has 3 N–H and O–H groups in total. The third-order valence-corrected chi connectivity index (χ3v) is 8.30. The third kappa shape index (κ3) is 3.40. The maximum absolute atomic E-state index is 14.9. The highest BCUT2D eigenvalue weighted by Crippen LogP contribution is 2.46. The molecular weight excluding hydrogens is 538 g/mol. The first kappa shape index (κ1) is 26.4. The number of rotatable bonds is 2. The summed E-state index contributed by atoms with van der Waals surface area (Å²) >= 11 is 0. The molecule has 2 aliphatic heterocycles. The fourth-order valence-corrected chi connectivity index (χ4v) is 5.88. The zero-order valence-corrected chi connectivity index (χ0v) is 21.5. The number of benzene rings is 1. The Hall–Kier alpha value is -3.84. The maximum atomic E-state index is 14.9. The summed E-state index contributed by atoms with van der Waals surface area (Å²) in [5.41, 5.74) is -3.97. The number of hydrogen-bond donors (Lipinski definition) is 3. The summed E-state index contributed by atoms with van der Waals surface area (Å²) in [6.45, 7) is 2.69. The van der Waals surface area contributed by atoms with E-state index in [1.807, 2.05) is 0 Å². The molecule has 1 amide bonds. The van der Waals surface area contributed by atoms with E-state index in [1.165, 1.54) is 23.6 Å². The molecule has 3 aromatic rings. The fraction of sp³-hybridized carbons (Fsp3) is 0.407. The van der Waals surface area contributed by atoms with Crippen LogP contribution in [-0.2, 0) is 39.5 Å². The summed E-state index contributed by atoms with van der Waals surface area (Å²) in [6.07, 6.45) is -4.92. The van der Waals surface area contributed by atoms with E-state index in [9.17, 15) is 42.2 Å². The summed E-state index contributed by atoms with van der Waals surface area (Å²) in [7, 11) is 0. The van der Waals surface area contributed by atoms with Gasteiger partial charge in [0.2, 0.25) is 5.60 Å². The van der Waals surface area contributed by atoms with Crippen LogP contribution in [0.4, 0.5) is 17.6 Å². The molecule has 9 nitrogen and oxygen atoms in total. The topological polar surface area (TPSA) is 131 Å². The van der Waals surface area contributed by atoms with E-state index in [0.29, 0.717) is 34.6 Å². The molecule has 1 aromatic carbocycles. The second-order valence-corrected chi connectivity index (χ2v) is 10.8. The van der Waals surface area contributed by atoms with Crippen LogP contribution in [0.25, 0.3) is 22.3 Å². The molecule has 3 atom stereocenters. The fourth-order valence-electron chi connectivity index (χ4n) is 5.88. The minimum absolute atomic E-state index is 0.0326. The number of cyclic esters (lactones) is 1. The zero-order chi connectivity index (χ0) is 29.1. The molecule has 6 rings (SSSR count). The molecule has 13 heteroatoms. The van der Waals surface area contributed by atoms with Crippen molar-refractivity contribution in [2.45, 2.75) is 70.2 Å². The number of carbonyl (C=O) groups is 2. The van der Waals surface area contributed by atoms with E-state index in [-0.39, 0.29) is 54.0 Å². The average Bonchev–Trinajstić information content (AvgIpc) is 3.24.